The van der Waals surface area contributed by atoms with Gasteiger partial charge >= 0.3 is 0 Å². The van der Waals surface area contributed by atoms with Crippen molar-refractivity contribution in [3.63, 3.8) is 0 Å². The van der Waals surface area contributed by atoms with Gasteiger partial charge in [0, 0.05) is 25.5 Å². The molecule has 0 fully saturated rings. The summed E-state index contributed by atoms with van der Waals surface area (Å²) in [5.41, 5.74) is 2.82. The molecule has 0 spiro atoms. The second-order valence-electron chi connectivity index (χ2n) is 8.53. The normalized spacial score (nSPS) is 12.3. The average Bonchev–Trinajstić information content (AvgIpc) is 3.62. The number of ether oxygens (including phenoxy) is 1. The van der Waals surface area contributed by atoms with E-state index in [1.165, 1.54) is 0 Å². The molecular formula is C26H26N6O2S. The first-order chi connectivity index (χ1) is 17.0. The molecule has 1 amide bonds. The van der Waals surface area contributed by atoms with Gasteiger partial charge in [0.2, 0.25) is 0 Å². The lowest BCUT2D eigenvalue weighted by Crippen LogP contribution is -2.31. The summed E-state index contributed by atoms with van der Waals surface area (Å²) in [7, 11) is 3.54. The fourth-order valence-corrected chi connectivity index (χ4v) is 4.80. The number of benzene rings is 1. The van der Waals surface area contributed by atoms with E-state index in [-0.39, 0.29) is 11.9 Å². The van der Waals surface area contributed by atoms with E-state index in [9.17, 15) is 4.79 Å². The molecule has 4 heterocycles. The van der Waals surface area contributed by atoms with Crippen LogP contribution in [0.15, 0.2) is 66.4 Å². The number of fused-ring (bicyclic) bond motifs is 1. The lowest BCUT2D eigenvalue weighted by Gasteiger charge is -2.20. The van der Waals surface area contributed by atoms with E-state index in [0.29, 0.717) is 28.2 Å². The van der Waals surface area contributed by atoms with Crippen LogP contribution in [0, 0.1) is 0 Å². The number of thiophene rings is 1. The Kier molecular flexibility index (Phi) is 6.08. The highest BCUT2D eigenvalue weighted by atomic mass is 32.1. The van der Waals surface area contributed by atoms with Crippen LogP contribution in [0.4, 0.5) is 0 Å². The SMILES string of the molecule is COc1cccc(C(NC(=O)c2cc(-c3cccs3)nc3c2cnn3C(C)C)c2nccn2C)c1. The van der Waals surface area contributed by atoms with E-state index in [1.54, 1.807) is 30.8 Å². The van der Waals surface area contributed by atoms with Crippen molar-refractivity contribution in [2.75, 3.05) is 7.11 Å². The molecule has 0 aliphatic carbocycles. The molecule has 0 radical (unpaired) electrons. The summed E-state index contributed by atoms with van der Waals surface area (Å²) >= 11 is 1.59. The van der Waals surface area contributed by atoms with Gasteiger partial charge in [-0.15, -0.1) is 11.3 Å². The van der Waals surface area contributed by atoms with Gasteiger partial charge < -0.3 is 14.6 Å². The summed E-state index contributed by atoms with van der Waals surface area (Å²) in [6.07, 6.45) is 5.30. The number of amides is 1. The molecule has 0 saturated heterocycles. The van der Waals surface area contributed by atoms with E-state index in [0.717, 1.165) is 16.1 Å². The van der Waals surface area contributed by atoms with Crippen molar-refractivity contribution in [3.8, 4) is 16.3 Å². The summed E-state index contributed by atoms with van der Waals surface area (Å²) < 4.78 is 9.18. The number of carbonyl (C=O) groups is 1. The quantitative estimate of drug-likeness (QED) is 0.350. The Morgan fingerprint density at radius 2 is 2.03 bits per heavy atom. The molecule has 8 nitrogen and oxygen atoms in total. The summed E-state index contributed by atoms with van der Waals surface area (Å²) in [6, 6.07) is 13.1. The smallest absolute Gasteiger partial charge is 0.253 e. The number of pyridine rings is 1. The molecule has 5 rings (SSSR count). The van der Waals surface area contributed by atoms with Gasteiger partial charge in [-0.25, -0.2) is 14.6 Å². The lowest BCUT2D eigenvalue weighted by atomic mass is 10.0. The van der Waals surface area contributed by atoms with Crippen LogP contribution < -0.4 is 10.1 Å². The zero-order chi connectivity index (χ0) is 24.5. The molecule has 4 aromatic heterocycles. The number of hydrogen-bond donors (Lipinski definition) is 1. The molecule has 0 bridgehead atoms. The summed E-state index contributed by atoms with van der Waals surface area (Å²) in [4.78, 5) is 24.2. The van der Waals surface area contributed by atoms with Crippen LogP contribution in [0.2, 0.25) is 0 Å². The van der Waals surface area contributed by atoms with Crippen molar-refractivity contribution >= 4 is 28.3 Å². The van der Waals surface area contributed by atoms with E-state index in [1.807, 2.05) is 84.2 Å². The van der Waals surface area contributed by atoms with Crippen LogP contribution in [-0.4, -0.2) is 37.3 Å². The average molecular weight is 487 g/mol. The van der Waals surface area contributed by atoms with Crippen LogP contribution in [0.3, 0.4) is 0 Å². The van der Waals surface area contributed by atoms with Gasteiger partial charge in [-0.3, -0.25) is 4.79 Å². The third-order valence-corrected chi connectivity index (χ3v) is 6.79. The van der Waals surface area contributed by atoms with Gasteiger partial charge in [0.05, 0.1) is 34.8 Å². The topological polar surface area (TPSA) is 86.9 Å². The largest absolute Gasteiger partial charge is 0.497 e. The number of nitrogens with one attached hydrogen (secondary N) is 1. The first kappa shape index (κ1) is 22.8. The lowest BCUT2D eigenvalue weighted by molar-refractivity contribution is 0.0942. The zero-order valence-corrected chi connectivity index (χ0v) is 20.8. The fraction of sp³-hybridized carbons (Fsp3) is 0.231. The number of carbonyl (C=O) groups excluding carboxylic acids is 1. The number of aromatic nitrogens is 5. The van der Waals surface area contributed by atoms with Crippen molar-refractivity contribution in [2.24, 2.45) is 7.05 Å². The number of hydrogen-bond acceptors (Lipinski definition) is 6. The van der Waals surface area contributed by atoms with Gasteiger partial charge in [-0.05, 0) is 49.1 Å². The first-order valence-corrected chi connectivity index (χ1v) is 12.2. The highest BCUT2D eigenvalue weighted by Crippen LogP contribution is 2.30. The molecule has 5 aromatic rings. The van der Waals surface area contributed by atoms with Crippen LogP contribution in [0.1, 0.15) is 47.7 Å². The third kappa shape index (κ3) is 4.30. The maximum absolute atomic E-state index is 13.9. The molecule has 0 saturated carbocycles. The minimum Gasteiger partial charge on any atom is -0.497 e. The maximum Gasteiger partial charge on any atom is 0.253 e. The number of methoxy groups -OCH3 is 1. The minimum atomic E-state index is -0.480. The molecule has 1 unspecified atom stereocenters. The predicted molar refractivity (Wildman–Crippen MR) is 137 cm³/mol. The molecule has 0 aliphatic rings. The molecule has 0 aliphatic heterocycles. The maximum atomic E-state index is 13.9. The monoisotopic (exact) mass is 486 g/mol. The van der Waals surface area contributed by atoms with Crippen LogP contribution in [0.25, 0.3) is 21.6 Å². The summed E-state index contributed by atoms with van der Waals surface area (Å²) in [5.74, 6) is 1.20. The Labute approximate surface area is 207 Å². The molecule has 1 aromatic carbocycles. The van der Waals surface area contributed by atoms with Gasteiger partial charge in [0.25, 0.3) is 5.91 Å². The number of aryl methyl sites for hydroxylation is 1. The number of rotatable bonds is 7. The summed E-state index contributed by atoms with van der Waals surface area (Å²) in [5, 5.41) is 10.4. The van der Waals surface area contributed by atoms with Crippen LogP contribution in [0.5, 0.6) is 5.75 Å². The van der Waals surface area contributed by atoms with Crippen LogP contribution in [-0.2, 0) is 7.05 Å². The molecular weight excluding hydrogens is 460 g/mol. The zero-order valence-electron chi connectivity index (χ0n) is 20.0. The number of imidazole rings is 1. The van der Waals surface area contributed by atoms with E-state index < -0.39 is 6.04 Å². The number of nitrogens with zero attached hydrogens (tertiary/aromatic N) is 5. The molecule has 35 heavy (non-hydrogen) atoms. The molecule has 1 N–H and O–H groups in total. The Morgan fingerprint density at radius 3 is 2.71 bits per heavy atom. The van der Waals surface area contributed by atoms with Crippen molar-refractivity contribution < 1.29 is 9.53 Å². The van der Waals surface area contributed by atoms with Crippen molar-refractivity contribution in [3.05, 3.63) is 83.4 Å². The van der Waals surface area contributed by atoms with E-state index in [2.05, 4.69) is 15.4 Å². The standard InChI is InChI=1S/C26H26N6O2S/c1-16(2)32-24-20(15-28-32)19(14-21(29-24)22-9-6-12-35-22)26(33)30-23(25-27-10-11-31(25)3)17-7-5-8-18(13-17)34-4/h5-16,23H,1-4H3,(H,30,33). The first-order valence-electron chi connectivity index (χ1n) is 11.3. The fourth-order valence-electron chi connectivity index (χ4n) is 4.12. The Bertz CT molecular complexity index is 1490. The molecule has 1 atom stereocenters. The van der Waals surface area contributed by atoms with Gasteiger partial charge in [-0.2, -0.15) is 5.10 Å². The second kappa shape index (κ2) is 9.34. The third-order valence-electron chi connectivity index (χ3n) is 5.89. The highest BCUT2D eigenvalue weighted by molar-refractivity contribution is 7.13. The second-order valence-corrected chi connectivity index (χ2v) is 9.48. The molecule has 178 valence electrons. The van der Waals surface area contributed by atoms with Crippen molar-refractivity contribution in [1.82, 2.24) is 29.6 Å². The van der Waals surface area contributed by atoms with Gasteiger partial charge in [0.15, 0.2) is 5.65 Å². The van der Waals surface area contributed by atoms with E-state index >= 15 is 0 Å². The highest BCUT2D eigenvalue weighted by Gasteiger charge is 2.25. The van der Waals surface area contributed by atoms with Crippen molar-refractivity contribution in [1.29, 1.82) is 0 Å². The minimum absolute atomic E-state index is 0.103. The van der Waals surface area contributed by atoms with E-state index in [4.69, 9.17) is 9.72 Å². The van der Waals surface area contributed by atoms with Gasteiger partial charge in [0.1, 0.15) is 17.6 Å². The molecule has 9 heteroatoms. The predicted octanol–water partition coefficient (Wildman–Crippen LogP) is 5.00. The van der Waals surface area contributed by atoms with Crippen LogP contribution >= 0.6 is 11.3 Å². The summed E-state index contributed by atoms with van der Waals surface area (Å²) in [6.45, 7) is 4.09. The van der Waals surface area contributed by atoms with Crippen molar-refractivity contribution in [2.45, 2.75) is 25.9 Å². The Hall–Kier alpha value is -3.98. The Balaban J connectivity index is 1.62. The van der Waals surface area contributed by atoms with Gasteiger partial charge in [-0.1, -0.05) is 18.2 Å². The Morgan fingerprint density at radius 1 is 1.17 bits per heavy atom.